The fourth-order valence-electron chi connectivity index (χ4n) is 4.48. The third kappa shape index (κ3) is 3.91. The van der Waals surface area contributed by atoms with Crippen molar-refractivity contribution in [3.8, 4) is 0 Å². The highest BCUT2D eigenvalue weighted by atomic mass is 79.9. The van der Waals surface area contributed by atoms with Gasteiger partial charge in [0.2, 0.25) is 5.91 Å². The van der Waals surface area contributed by atoms with E-state index in [1.807, 2.05) is 64.9 Å². The molecular weight excluding hydrogens is 468 g/mol. The van der Waals surface area contributed by atoms with Gasteiger partial charge in [-0.05, 0) is 55.7 Å². The smallest absolute Gasteiger partial charge is 0.223 e. The maximum Gasteiger partial charge on any atom is 0.223 e. The predicted octanol–water partition coefficient (Wildman–Crippen LogP) is 4.79. The summed E-state index contributed by atoms with van der Waals surface area (Å²) in [4.78, 5) is 19.8. The van der Waals surface area contributed by atoms with Crippen LogP contribution in [0.5, 0.6) is 0 Å². The number of halogens is 1. The van der Waals surface area contributed by atoms with Crippen LogP contribution in [0.4, 0.5) is 0 Å². The number of carbonyl (C=O) groups is 1. The SMILES string of the molecule is Cc1nc2c3ccccc3nn2c(C)c1CCC(=O)N1CCOC(c2ccc(Br)cc2)C1. The number of hydrogen-bond acceptors (Lipinski definition) is 4. The summed E-state index contributed by atoms with van der Waals surface area (Å²) in [5.74, 6) is 0.153. The lowest BCUT2D eigenvalue weighted by atomic mass is 10.0. The number of rotatable bonds is 4. The zero-order valence-electron chi connectivity index (χ0n) is 18.2. The van der Waals surface area contributed by atoms with E-state index in [1.165, 1.54) is 0 Å². The van der Waals surface area contributed by atoms with Crippen LogP contribution in [0.25, 0.3) is 16.6 Å². The minimum absolute atomic E-state index is 0.0845. The Balaban J connectivity index is 1.32. The first kappa shape index (κ1) is 21.1. The standard InChI is InChI=1S/C25H25BrN4O2/c1-16-20(17(2)30-25(27-16)21-5-3-4-6-22(21)28-30)11-12-24(31)29-13-14-32-23(15-29)18-7-9-19(26)10-8-18/h3-10,23H,11-15H2,1-2H3. The maximum atomic E-state index is 13.0. The third-order valence-corrected chi connectivity index (χ3v) is 6.80. The van der Waals surface area contributed by atoms with Crippen molar-refractivity contribution in [3.63, 3.8) is 0 Å². The van der Waals surface area contributed by atoms with Crippen molar-refractivity contribution < 1.29 is 9.53 Å². The Morgan fingerprint density at radius 3 is 2.75 bits per heavy atom. The van der Waals surface area contributed by atoms with E-state index < -0.39 is 0 Å². The van der Waals surface area contributed by atoms with Crippen LogP contribution >= 0.6 is 15.9 Å². The van der Waals surface area contributed by atoms with E-state index in [1.54, 1.807) is 0 Å². The van der Waals surface area contributed by atoms with Crippen LogP contribution in [0.1, 0.15) is 35.0 Å². The number of benzene rings is 2. The summed E-state index contributed by atoms with van der Waals surface area (Å²) in [6.45, 7) is 5.85. The first-order chi connectivity index (χ1) is 15.5. The summed E-state index contributed by atoms with van der Waals surface area (Å²) < 4.78 is 8.88. The van der Waals surface area contributed by atoms with Crippen molar-refractivity contribution in [1.29, 1.82) is 0 Å². The molecule has 0 saturated carbocycles. The second-order valence-corrected chi connectivity index (χ2v) is 9.18. The fourth-order valence-corrected chi connectivity index (χ4v) is 4.75. The summed E-state index contributed by atoms with van der Waals surface area (Å²) >= 11 is 3.47. The number of hydrogen-bond donors (Lipinski definition) is 0. The van der Waals surface area contributed by atoms with E-state index in [-0.39, 0.29) is 12.0 Å². The van der Waals surface area contributed by atoms with Crippen LogP contribution in [0.3, 0.4) is 0 Å². The number of fused-ring (bicyclic) bond motifs is 3. The normalized spacial score (nSPS) is 16.7. The van der Waals surface area contributed by atoms with E-state index in [2.05, 4.69) is 22.9 Å². The highest BCUT2D eigenvalue weighted by Crippen LogP contribution is 2.26. The Bertz CT molecular complexity index is 1300. The van der Waals surface area contributed by atoms with Crippen LogP contribution in [0.15, 0.2) is 53.0 Å². The van der Waals surface area contributed by atoms with Gasteiger partial charge in [0.1, 0.15) is 6.10 Å². The molecule has 2 aromatic carbocycles. The molecule has 164 valence electrons. The molecule has 1 aliphatic rings. The minimum Gasteiger partial charge on any atom is -0.370 e. The summed E-state index contributed by atoms with van der Waals surface area (Å²) in [5.41, 5.74) is 6.00. The summed E-state index contributed by atoms with van der Waals surface area (Å²) in [6.07, 6.45) is 1.01. The monoisotopic (exact) mass is 492 g/mol. The van der Waals surface area contributed by atoms with Crippen molar-refractivity contribution in [2.24, 2.45) is 0 Å². The molecule has 1 fully saturated rings. The Morgan fingerprint density at radius 2 is 1.94 bits per heavy atom. The molecule has 3 heterocycles. The van der Waals surface area contributed by atoms with Crippen LogP contribution in [-0.4, -0.2) is 45.1 Å². The summed E-state index contributed by atoms with van der Waals surface area (Å²) in [5, 5.41) is 5.77. The van der Waals surface area contributed by atoms with Crippen LogP contribution in [-0.2, 0) is 16.0 Å². The molecule has 1 atom stereocenters. The number of morpholine rings is 1. The van der Waals surface area contributed by atoms with E-state index in [0.717, 1.165) is 43.5 Å². The lowest BCUT2D eigenvalue weighted by Crippen LogP contribution is -2.42. The lowest BCUT2D eigenvalue weighted by Gasteiger charge is -2.33. The van der Waals surface area contributed by atoms with Gasteiger partial charge in [0.25, 0.3) is 0 Å². The second kappa shape index (κ2) is 8.64. The van der Waals surface area contributed by atoms with Crippen molar-refractivity contribution in [1.82, 2.24) is 19.5 Å². The van der Waals surface area contributed by atoms with Crippen LogP contribution in [0, 0.1) is 13.8 Å². The third-order valence-electron chi connectivity index (χ3n) is 6.27. The van der Waals surface area contributed by atoms with Gasteiger partial charge >= 0.3 is 0 Å². The lowest BCUT2D eigenvalue weighted by molar-refractivity contribution is -0.139. The van der Waals surface area contributed by atoms with E-state index in [9.17, 15) is 4.79 Å². The Kier molecular flexibility index (Phi) is 5.69. The van der Waals surface area contributed by atoms with Crippen molar-refractivity contribution in [3.05, 3.63) is 75.5 Å². The molecule has 32 heavy (non-hydrogen) atoms. The molecule has 1 saturated heterocycles. The molecule has 2 aromatic heterocycles. The molecule has 0 N–H and O–H groups in total. The molecule has 5 rings (SSSR count). The highest BCUT2D eigenvalue weighted by Gasteiger charge is 2.25. The van der Waals surface area contributed by atoms with E-state index in [0.29, 0.717) is 32.5 Å². The quantitative estimate of drug-likeness (QED) is 0.410. The molecule has 7 heteroatoms. The van der Waals surface area contributed by atoms with Crippen molar-refractivity contribution >= 4 is 38.4 Å². The number of aromatic nitrogens is 3. The average molecular weight is 493 g/mol. The highest BCUT2D eigenvalue weighted by molar-refractivity contribution is 9.10. The topological polar surface area (TPSA) is 59.7 Å². The van der Waals surface area contributed by atoms with Gasteiger partial charge in [-0.2, -0.15) is 5.10 Å². The zero-order chi connectivity index (χ0) is 22.2. The average Bonchev–Trinajstić information content (AvgIpc) is 3.18. The minimum atomic E-state index is -0.0845. The fraction of sp³-hybridized carbons (Fsp3) is 0.320. The molecular formula is C25H25BrN4O2. The number of ether oxygens (including phenoxy) is 1. The first-order valence-corrected chi connectivity index (χ1v) is 11.7. The summed E-state index contributed by atoms with van der Waals surface area (Å²) in [6, 6.07) is 16.1. The van der Waals surface area contributed by atoms with Crippen molar-refractivity contribution in [2.75, 3.05) is 19.7 Å². The zero-order valence-corrected chi connectivity index (χ0v) is 19.8. The van der Waals surface area contributed by atoms with E-state index >= 15 is 0 Å². The number of amides is 1. The Morgan fingerprint density at radius 1 is 1.16 bits per heavy atom. The molecule has 4 aromatic rings. The van der Waals surface area contributed by atoms with Crippen molar-refractivity contribution in [2.45, 2.75) is 32.8 Å². The largest absolute Gasteiger partial charge is 0.370 e. The molecule has 0 bridgehead atoms. The number of nitrogens with zero attached hydrogens (tertiary/aromatic N) is 4. The van der Waals surface area contributed by atoms with Gasteiger partial charge in [0, 0.05) is 34.2 Å². The summed E-state index contributed by atoms with van der Waals surface area (Å²) in [7, 11) is 0. The molecule has 0 spiro atoms. The molecule has 1 amide bonds. The number of aryl methyl sites for hydroxylation is 2. The van der Waals surface area contributed by atoms with Crippen LogP contribution in [0.2, 0.25) is 0 Å². The van der Waals surface area contributed by atoms with Gasteiger partial charge in [-0.3, -0.25) is 4.79 Å². The molecule has 6 nitrogen and oxygen atoms in total. The predicted molar refractivity (Wildman–Crippen MR) is 128 cm³/mol. The second-order valence-electron chi connectivity index (χ2n) is 8.26. The Hall–Kier alpha value is -2.77. The molecule has 0 radical (unpaired) electrons. The Labute approximate surface area is 195 Å². The van der Waals surface area contributed by atoms with Gasteiger partial charge < -0.3 is 9.64 Å². The van der Waals surface area contributed by atoms with Gasteiger partial charge in [-0.15, -0.1) is 0 Å². The molecule has 1 unspecified atom stereocenters. The molecule has 1 aliphatic heterocycles. The van der Waals surface area contributed by atoms with Gasteiger partial charge in [0.05, 0.1) is 18.7 Å². The van der Waals surface area contributed by atoms with E-state index in [4.69, 9.17) is 14.8 Å². The number of carbonyl (C=O) groups excluding carboxylic acids is 1. The molecule has 0 aliphatic carbocycles. The maximum absolute atomic E-state index is 13.0. The van der Waals surface area contributed by atoms with Gasteiger partial charge in [-0.1, -0.05) is 40.2 Å². The van der Waals surface area contributed by atoms with Gasteiger partial charge in [0.15, 0.2) is 5.65 Å². The first-order valence-electron chi connectivity index (χ1n) is 10.9. The van der Waals surface area contributed by atoms with Gasteiger partial charge in [-0.25, -0.2) is 9.50 Å². The van der Waals surface area contributed by atoms with Crippen LogP contribution < -0.4 is 0 Å².